The molecule has 3 rings (SSSR count). The number of hydrogen-bond acceptors (Lipinski definition) is 10. The van der Waals surface area contributed by atoms with Gasteiger partial charge in [-0.3, -0.25) is 28.8 Å². The number of amides is 5. The maximum atomic E-state index is 13.4. The highest BCUT2D eigenvalue weighted by molar-refractivity contribution is 6.10. The Morgan fingerprint density at radius 3 is 1.63 bits per heavy atom. The molecule has 3 aromatic carbocycles. The zero-order valence-electron chi connectivity index (χ0n) is 34.2. The van der Waals surface area contributed by atoms with E-state index in [1.54, 1.807) is 25.1 Å². The van der Waals surface area contributed by atoms with Crippen LogP contribution in [0.25, 0.3) is 0 Å². The number of nitrogens with one attached hydrogen (secondary N) is 5. The van der Waals surface area contributed by atoms with Gasteiger partial charge in [0.25, 0.3) is 23.6 Å². The average molecular weight is 784 g/mol. The summed E-state index contributed by atoms with van der Waals surface area (Å²) in [4.78, 5) is 81.1. The Balaban J connectivity index is 1.72. The van der Waals surface area contributed by atoms with Gasteiger partial charge in [0.2, 0.25) is 11.9 Å². The molecule has 57 heavy (non-hydrogen) atoms. The minimum atomic E-state index is -1.43. The molecule has 0 spiro atoms. The van der Waals surface area contributed by atoms with Gasteiger partial charge in [-0.1, -0.05) is 27.7 Å². The van der Waals surface area contributed by atoms with Crippen LogP contribution in [0.1, 0.15) is 91.0 Å². The molecule has 0 heterocycles. The molecule has 15 nitrogen and oxygen atoms in total. The maximum absolute atomic E-state index is 13.4. The van der Waals surface area contributed by atoms with Gasteiger partial charge < -0.3 is 36.4 Å². The van der Waals surface area contributed by atoms with Crippen molar-refractivity contribution < 1.29 is 28.8 Å². The molecule has 0 aliphatic heterocycles. The summed E-state index contributed by atoms with van der Waals surface area (Å²) >= 11 is 0. The van der Waals surface area contributed by atoms with E-state index in [0.717, 1.165) is 52.1 Å². The van der Waals surface area contributed by atoms with Crippen molar-refractivity contribution in [1.29, 1.82) is 0 Å². The number of rotatable bonds is 22. The molecule has 306 valence electrons. The molecule has 0 aliphatic carbocycles. The number of anilines is 3. The van der Waals surface area contributed by atoms with Crippen LogP contribution in [0.4, 0.5) is 22.7 Å². The van der Waals surface area contributed by atoms with Crippen LogP contribution in [0.3, 0.4) is 0 Å². The van der Waals surface area contributed by atoms with Gasteiger partial charge in [0, 0.05) is 53.8 Å². The summed E-state index contributed by atoms with van der Waals surface area (Å²) in [5.41, 5.74) is 3.01. The van der Waals surface area contributed by atoms with Crippen molar-refractivity contribution in [1.82, 2.24) is 20.4 Å². The lowest BCUT2D eigenvalue weighted by Gasteiger charge is -2.18. The number of Topliss-reactive ketones (excluding diaryl/α,β-unsaturated/α-hetero) is 1. The zero-order valence-corrected chi connectivity index (χ0v) is 34.2. The van der Waals surface area contributed by atoms with Crippen molar-refractivity contribution in [2.24, 2.45) is 10.2 Å². The normalized spacial score (nSPS) is 11.7. The van der Waals surface area contributed by atoms with Crippen LogP contribution in [0, 0.1) is 6.92 Å². The van der Waals surface area contributed by atoms with Crippen molar-refractivity contribution >= 4 is 58.1 Å². The largest absolute Gasteiger partial charge is 0.352 e. The first-order valence-corrected chi connectivity index (χ1v) is 19.5. The molecule has 0 saturated heterocycles. The van der Waals surface area contributed by atoms with Gasteiger partial charge >= 0.3 is 0 Å². The Labute approximate surface area is 335 Å². The monoisotopic (exact) mass is 783 g/mol. The second-order valence-corrected chi connectivity index (χ2v) is 13.5. The van der Waals surface area contributed by atoms with E-state index in [2.05, 4.69) is 74.3 Å². The topological polar surface area (TPSA) is 194 Å². The van der Waals surface area contributed by atoms with Crippen molar-refractivity contribution in [3.05, 3.63) is 82.9 Å². The first kappa shape index (κ1) is 45.6. The van der Waals surface area contributed by atoms with E-state index in [1.807, 2.05) is 0 Å². The van der Waals surface area contributed by atoms with Crippen LogP contribution in [-0.4, -0.2) is 104 Å². The Kier molecular flexibility index (Phi) is 18.6. The summed E-state index contributed by atoms with van der Waals surface area (Å²) in [5.74, 6) is -2.65. The number of ketones is 1. The van der Waals surface area contributed by atoms with Gasteiger partial charge in [-0.2, -0.15) is 10.2 Å². The lowest BCUT2D eigenvalue weighted by molar-refractivity contribution is -0.126. The summed E-state index contributed by atoms with van der Waals surface area (Å²) < 4.78 is 0. The highest BCUT2D eigenvalue weighted by Gasteiger charge is 2.23. The lowest BCUT2D eigenvalue weighted by Crippen LogP contribution is -2.31. The molecule has 5 amide bonds. The van der Waals surface area contributed by atoms with Crippen LogP contribution in [-0.2, 0) is 14.4 Å². The number of carbonyl (C=O) groups excluding carboxylic acids is 6. The number of carbonyl (C=O) groups is 6. The summed E-state index contributed by atoms with van der Waals surface area (Å²) in [5, 5.41) is 22.1. The third kappa shape index (κ3) is 15.0. The van der Waals surface area contributed by atoms with Crippen LogP contribution >= 0.6 is 0 Å². The first-order valence-electron chi connectivity index (χ1n) is 19.5. The number of azo groups is 1. The van der Waals surface area contributed by atoms with E-state index in [9.17, 15) is 28.8 Å². The van der Waals surface area contributed by atoms with E-state index in [4.69, 9.17) is 0 Å². The smallest absolute Gasteiger partial charge is 0.258 e. The lowest BCUT2D eigenvalue weighted by atomic mass is 10.1. The highest BCUT2D eigenvalue weighted by atomic mass is 16.2. The summed E-state index contributed by atoms with van der Waals surface area (Å²) in [6, 6.07) is 14.1. The molecule has 0 aromatic heterocycles. The fourth-order valence-corrected chi connectivity index (χ4v) is 5.86. The Hall–Kier alpha value is -5.80. The maximum Gasteiger partial charge on any atom is 0.258 e. The second-order valence-electron chi connectivity index (χ2n) is 13.5. The number of nitrogens with zero attached hydrogens (tertiary/aromatic N) is 4. The van der Waals surface area contributed by atoms with E-state index < -0.39 is 23.6 Å². The Bertz CT molecular complexity index is 1840. The molecule has 1 unspecified atom stereocenters. The van der Waals surface area contributed by atoms with Gasteiger partial charge in [0.15, 0.2) is 5.78 Å². The summed E-state index contributed by atoms with van der Waals surface area (Å²) in [6.45, 7) is 19.0. The van der Waals surface area contributed by atoms with Crippen molar-refractivity contribution in [3.63, 3.8) is 0 Å². The molecular weight excluding hydrogens is 727 g/mol. The predicted molar refractivity (Wildman–Crippen MR) is 223 cm³/mol. The van der Waals surface area contributed by atoms with Crippen LogP contribution < -0.4 is 26.6 Å². The molecular formula is C42H57N9O6. The summed E-state index contributed by atoms with van der Waals surface area (Å²) in [6.07, 6.45) is 1.52. The fourth-order valence-electron chi connectivity index (χ4n) is 5.86. The number of benzene rings is 3. The van der Waals surface area contributed by atoms with Gasteiger partial charge in [0.1, 0.15) is 0 Å². The van der Waals surface area contributed by atoms with E-state index in [0.29, 0.717) is 35.7 Å². The van der Waals surface area contributed by atoms with Crippen LogP contribution in [0.5, 0.6) is 0 Å². The van der Waals surface area contributed by atoms with Crippen LogP contribution in [0.15, 0.2) is 70.9 Å². The third-order valence-corrected chi connectivity index (χ3v) is 9.23. The second kappa shape index (κ2) is 23.3. The predicted octanol–water partition coefficient (Wildman–Crippen LogP) is 5.81. The van der Waals surface area contributed by atoms with Gasteiger partial charge in [-0.15, -0.1) is 0 Å². The van der Waals surface area contributed by atoms with Gasteiger partial charge in [0.05, 0.1) is 5.69 Å². The van der Waals surface area contributed by atoms with Crippen molar-refractivity contribution in [2.75, 3.05) is 68.3 Å². The SMILES string of the molecule is CCN(CC)CCCNC(=O)c1cc(NC(=O)c2ccc(N=NC(C(C)=O)C(=O)Nc3ccc(NC(C)=O)c(C)c3)cc2)cc(C(=O)NCCCN(CC)CC)c1. The number of aryl methyl sites for hydroxylation is 1. The minimum Gasteiger partial charge on any atom is -0.352 e. The van der Waals surface area contributed by atoms with Crippen molar-refractivity contribution in [2.45, 2.75) is 67.3 Å². The molecule has 0 saturated carbocycles. The summed E-state index contributed by atoms with van der Waals surface area (Å²) in [7, 11) is 0. The van der Waals surface area contributed by atoms with Crippen molar-refractivity contribution in [3.8, 4) is 0 Å². The molecule has 3 aromatic rings. The van der Waals surface area contributed by atoms with Gasteiger partial charge in [-0.25, -0.2) is 0 Å². The van der Waals surface area contributed by atoms with Gasteiger partial charge in [-0.05, 0) is 132 Å². The Morgan fingerprint density at radius 1 is 0.614 bits per heavy atom. The van der Waals surface area contributed by atoms with E-state index >= 15 is 0 Å². The number of hydrogen-bond donors (Lipinski definition) is 5. The van der Waals surface area contributed by atoms with E-state index in [-0.39, 0.29) is 40.1 Å². The third-order valence-electron chi connectivity index (χ3n) is 9.23. The minimum absolute atomic E-state index is 0.226. The zero-order chi connectivity index (χ0) is 41.9. The Morgan fingerprint density at radius 2 is 1.16 bits per heavy atom. The quantitative estimate of drug-likeness (QED) is 0.0479. The molecule has 0 aliphatic rings. The van der Waals surface area contributed by atoms with Crippen LogP contribution in [0.2, 0.25) is 0 Å². The molecule has 0 radical (unpaired) electrons. The average Bonchev–Trinajstić information content (AvgIpc) is 3.18. The molecule has 5 N–H and O–H groups in total. The standard InChI is InChI=1S/C42H57N9O6/c1-8-50(9-2)22-12-20-43-39(54)32-25-33(40(55)44-21-13-23-51(10-3)11-4)27-36(26-32)47-41(56)31-14-16-34(17-15-31)48-49-38(29(6)52)42(57)46-35-18-19-37(28(5)24-35)45-30(7)53/h14-19,24-27,38H,8-13,20-23H2,1-7H3,(H,43,54)(H,44,55)(H,45,53)(H,46,57)(H,47,56). The molecule has 1 atom stereocenters. The fraction of sp³-hybridized carbons (Fsp3) is 0.429. The van der Waals surface area contributed by atoms with E-state index in [1.165, 1.54) is 56.3 Å². The molecule has 15 heteroatoms. The first-order chi connectivity index (χ1) is 27.3. The highest BCUT2D eigenvalue weighted by Crippen LogP contribution is 2.22. The molecule has 0 fully saturated rings. The molecule has 0 bridgehead atoms.